The minimum absolute atomic E-state index is 0.187. The van der Waals surface area contributed by atoms with E-state index in [0.717, 1.165) is 12.8 Å². The molecule has 0 aromatic carbocycles. The number of thioether (sulfide) groups is 1. The number of carboxylic acid groups (broad SMARTS) is 1. The Morgan fingerprint density at radius 1 is 1.45 bits per heavy atom. The Labute approximate surface area is 119 Å². The Morgan fingerprint density at radius 2 is 2.20 bits per heavy atom. The van der Waals surface area contributed by atoms with Crippen LogP contribution in [0.2, 0.25) is 0 Å². The lowest BCUT2D eigenvalue weighted by Crippen LogP contribution is -2.35. The summed E-state index contributed by atoms with van der Waals surface area (Å²) < 4.78 is 1.75. The smallest absolute Gasteiger partial charge is 0.311 e. The average molecular weight is 297 g/mol. The van der Waals surface area contributed by atoms with Crippen molar-refractivity contribution >= 4 is 23.6 Å². The van der Waals surface area contributed by atoms with E-state index in [4.69, 9.17) is 5.11 Å². The molecular formula is C11H15N5O3S. The van der Waals surface area contributed by atoms with Crippen LogP contribution in [-0.4, -0.2) is 49.5 Å². The maximum absolute atomic E-state index is 11.7. The normalized spacial score (nSPS) is 19.6. The summed E-state index contributed by atoms with van der Waals surface area (Å²) in [7, 11) is 0. The van der Waals surface area contributed by atoms with E-state index >= 15 is 0 Å². The second-order valence-corrected chi connectivity index (χ2v) is 6.23. The molecule has 0 spiro atoms. The number of tetrazole rings is 1. The van der Waals surface area contributed by atoms with Gasteiger partial charge in [0.2, 0.25) is 11.1 Å². The van der Waals surface area contributed by atoms with Crippen molar-refractivity contribution in [1.82, 2.24) is 25.5 Å². The van der Waals surface area contributed by atoms with E-state index in [2.05, 4.69) is 20.8 Å². The fourth-order valence-electron chi connectivity index (χ4n) is 1.89. The fourth-order valence-corrected chi connectivity index (χ4v) is 2.67. The predicted octanol–water partition coefficient (Wildman–Crippen LogP) is 0.0811. The van der Waals surface area contributed by atoms with Gasteiger partial charge in [-0.25, -0.2) is 4.68 Å². The van der Waals surface area contributed by atoms with Crippen LogP contribution in [-0.2, 0) is 9.59 Å². The highest BCUT2D eigenvalue weighted by Gasteiger charge is 2.50. The molecule has 1 aromatic heterocycles. The lowest BCUT2D eigenvalue weighted by Gasteiger charge is -2.10. The third kappa shape index (κ3) is 2.77. The molecule has 2 saturated carbocycles. The molecule has 0 atom stereocenters. The molecule has 1 aromatic rings. The van der Waals surface area contributed by atoms with Gasteiger partial charge in [-0.05, 0) is 36.1 Å². The Morgan fingerprint density at radius 3 is 2.80 bits per heavy atom. The van der Waals surface area contributed by atoms with Crippen LogP contribution >= 0.6 is 11.8 Å². The van der Waals surface area contributed by atoms with E-state index in [0.29, 0.717) is 24.0 Å². The van der Waals surface area contributed by atoms with Crippen molar-refractivity contribution in [2.75, 3.05) is 12.3 Å². The number of aromatic nitrogens is 4. The van der Waals surface area contributed by atoms with Gasteiger partial charge < -0.3 is 10.4 Å². The van der Waals surface area contributed by atoms with Gasteiger partial charge in [-0.1, -0.05) is 11.8 Å². The third-order valence-corrected chi connectivity index (χ3v) is 4.55. The van der Waals surface area contributed by atoms with Crippen molar-refractivity contribution in [3.05, 3.63) is 0 Å². The van der Waals surface area contributed by atoms with Crippen molar-refractivity contribution in [3.63, 3.8) is 0 Å². The summed E-state index contributed by atoms with van der Waals surface area (Å²) in [5.41, 5.74) is -0.726. The van der Waals surface area contributed by atoms with Gasteiger partial charge in [0.25, 0.3) is 0 Å². The molecule has 2 N–H and O–H groups in total. The van der Waals surface area contributed by atoms with E-state index in [9.17, 15) is 9.59 Å². The minimum Gasteiger partial charge on any atom is -0.481 e. The van der Waals surface area contributed by atoms with Gasteiger partial charge >= 0.3 is 5.97 Å². The van der Waals surface area contributed by atoms with Gasteiger partial charge in [-0.2, -0.15) is 0 Å². The second-order valence-electron chi connectivity index (χ2n) is 5.29. The Kier molecular flexibility index (Phi) is 3.36. The van der Waals surface area contributed by atoms with E-state index in [1.54, 1.807) is 4.68 Å². The number of amides is 1. The lowest BCUT2D eigenvalue weighted by molar-refractivity contribution is -0.143. The van der Waals surface area contributed by atoms with Crippen LogP contribution in [0.3, 0.4) is 0 Å². The van der Waals surface area contributed by atoms with Crippen LogP contribution < -0.4 is 5.32 Å². The zero-order valence-electron chi connectivity index (χ0n) is 10.8. The van der Waals surface area contributed by atoms with Gasteiger partial charge in [0.1, 0.15) is 0 Å². The molecule has 2 aliphatic carbocycles. The Balaban J connectivity index is 1.45. The molecule has 0 bridgehead atoms. The quantitative estimate of drug-likeness (QED) is 0.686. The van der Waals surface area contributed by atoms with Crippen LogP contribution in [0.4, 0.5) is 0 Å². The molecule has 2 fully saturated rings. The molecule has 0 radical (unpaired) electrons. The van der Waals surface area contributed by atoms with Gasteiger partial charge in [0.15, 0.2) is 0 Å². The van der Waals surface area contributed by atoms with Crippen molar-refractivity contribution in [1.29, 1.82) is 0 Å². The largest absolute Gasteiger partial charge is 0.481 e. The van der Waals surface area contributed by atoms with Gasteiger partial charge in [-0.15, -0.1) is 5.10 Å². The SMILES string of the molecule is O=C(CSc1nnnn1C1CC1)NCC1(C(=O)O)CC1. The topological polar surface area (TPSA) is 110 Å². The first-order valence-electron chi connectivity index (χ1n) is 6.51. The zero-order chi connectivity index (χ0) is 14.2. The van der Waals surface area contributed by atoms with Crippen molar-refractivity contribution in [2.24, 2.45) is 5.41 Å². The number of rotatable bonds is 7. The maximum atomic E-state index is 11.7. The zero-order valence-corrected chi connectivity index (χ0v) is 11.6. The summed E-state index contributed by atoms with van der Waals surface area (Å²) in [6.07, 6.45) is 3.42. The summed E-state index contributed by atoms with van der Waals surface area (Å²) in [5, 5.41) is 23.7. The first-order chi connectivity index (χ1) is 9.61. The van der Waals surface area contributed by atoms with Crippen molar-refractivity contribution < 1.29 is 14.7 Å². The predicted molar refractivity (Wildman–Crippen MR) is 69.1 cm³/mol. The standard InChI is InChI=1S/C11H15N5O3S/c17-8(12-6-11(3-4-11)9(18)19)5-20-10-13-14-15-16(10)7-1-2-7/h7H,1-6H2,(H,12,17)(H,18,19). The van der Waals surface area contributed by atoms with Crippen molar-refractivity contribution in [2.45, 2.75) is 36.9 Å². The fraction of sp³-hybridized carbons (Fsp3) is 0.727. The number of hydrogen-bond acceptors (Lipinski definition) is 6. The highest BCUT2D eigenvalue weighted by Crippen LogP contribution is 2.45. The lowest BCUT2D eigenvalue weighted by atomic mass is 10.1. The van der Waals surface area contributed by atoms with Gasteiger partial charge in [0.05, 0.1) is 17.2 Å². The summed E-state index contributed by atoms with van der Waals surface area (Å²) >= 11 is 1.28. The Hall–Kier alpha value is -1.64. The van der Waals surface area contributed by atoms with Gasteiger partial charge in [0, 0.05) is 6.54 Å². The second kappa shape index (κ2) is 5.04. The molecule has 0 saturated heterocycles. The molecule has 3 rings (SSSR count). The number of nitrogens with one attached hydrogen (secondary N) is 1. The molecule has 1 heterocycles. The number of aliphatic carboxylic acids is 1. The monoisotopic (exact) mass is 297 g/mol. The van der Waals surface area contributed by atoms with Crippen molar-refractivity contribution in [3.8, 4) is 0 Å². The third-order valence-electron chi connectivity index (χ3n) is 3.62. The average Bonchev–Trinajstić information content (AvgIpc) is 3.34. The summed E-state index contributed by atoms with van der Waals surface area (Å²) in [4.78, 5) is 22.7. The van der Waals surface area contributed by atoms with Crippen LogP contribution in [0.15, 0.2) is 5.16 Å². The number of carbonyl (C=O) groups is 2. The molecule has 8 nitrogen and oxygen atoms in total. The van der Waals surface area contributed by atoms with Gasteiger partial charge in [-0.3, -0.25) is 9.59 Å². The molecule has 1 amide bonds. The highest BCUT2D eigenvalue weighted by molar-refractivity contribution is 7.99. The minimum atomic E-state index is -0.830. The van der Waals surface area contributed by atoms with E-state index in [1.165, 1.54) is 11.8 Å². The highest BCUT2D eigenvalue weighted by atomic mass is 32.2. The van der Waals surface area contributed by atoms with E-state index < -0.39 is 11.4 Å². The molecule has 0 aliphatic heterocycles. The Bertz CT molecular complexity index is 538. The number of carboxylic acids is 1. The number of carbonyl (C=O) groups excluding carboxylic acids is 1. The molecular weight excluding hydrogens is 282 g/mol. The van der Waals surface area contributed by atoms with E-state index in [1.807, 2.05) is 0 Å². The summed E-state index contributed by atoms with van der Waals surface area (Å²) in [6, 6.07) is 0.373. The van der Waals surface area contributed by atoms with Crippen LogP contribution in [0, 0.1) is 5.41 Å². The molecule has 2 aliphatic rings. The van der Waals surface area contributed by atoms with Crippen LogP contribution in [0.5, 0.6) is 0 Å². The van der Waals surface area contributed by atoms with E-state index in [-0.39, 0.29) is 18.2 Å². The van der Waals surface area contributed by atoms with Crippen LogP contribution in [0.25, 0.3) is 0 Å². The number of nitrogens with zero attached hydrogens (tertiary/aromatic N) is 4. The molecule has 0 unspecified atom stereocenters. The summed E-state index contributed by atoms with van der Waals surface area (Å²) in [5.74, 6) is -0.820. The maximum Gasteiger partial charge on any atom is 0.311 e. The molecule has 108 valence electrons. The first-order valence-corrected chi connectivity index (χ1v) is 7.50. The first kappa shape index (κ1) is 13.3. The molecule has 20 heavy (non-hydrogen) atoms. The van der Waals surface area contributed by atoms with Crippen LogP contribution in [0.1, 0.15) is 31.7 Å². The summed E-state index contributed by atoms with van der Waals surface area (Å²) in [6.45, 7) is 0.204. The molecule has 9 heteroatoms. The number of hydrogen-bond donors (Lipinski definition) is 2.